The molecular formula is C24H25F2N3O6S. The van der Waals surface area contributed by atoms with Gasteiger partial charge in [-0.1, -0.05) is 18.2 Å². The average Bonchev–Trinajstić information content (AvgIpc) is 2.78. The van der Waals surface area contributed by atoms with E-state index < -0.39 is 40.0 Å². The number of phenolic OH excluding ortho intramolecular Hbond substituents is 1. The number of carbonyl (C=O) groups excluding carboxylic acids is 1. The number of nitrogens with one attached hydrogen (secondary N) is 1. The van der Waals surface area contributed by atoms with Crippen molar-refractivity contribution in [1.82, 2.24) is 6.15 Å². The lowest BCUT2D eigenvalue weighted by Crippen LogP contribution is -2.55. The maximum Gasteiger partial charge on any atom is 0.233 e. The van der Waals surface area contributed by atoms with Gasteiger partial charge >= 0.3 is 0 Å². The van der Waals surface area contributed by atoms with Crippen LogP contribution in [0.15, 0.2) is 66.7 Å². The van der Waals surface area contributed by atoms with Gasteiger partial charge in [0.1, 0.15) is 17.4 Å². The zero-order valence-corrected chi connectivity index (χ0v) is 20.0. The first-order chi connectivity index (χ1) is 16.5. The van der Waals surface area contributed by atoms with E-state index in [0.717, 1.165) is 6.07 Å². The van der Waals surface area contributed by atoms with Crippen LogP contribution in [0.1, 0.15) is 36.1 Å². The molecule has 4 rings (SSSR count). The molecular weight excluding hydrogens is 496 g/mol. The van der Waals surface area contributed by atoms with Crippen LogP contribution in [0.5, 0.6) is 5.75 Å². The zero-order chi connectivity index (χ0) is 25.3. The number of aliphatic hydroxyl groups excluding tert-OH is 1. The van der Waals surface area contributed by atoms with Crippen LogP contribution in [0.3, 0.4) is 0 Å². The Morgan fingerprint density at radius 2 is 1.58 bits per heavy atom. The van der Waals surface area contributed by atoms with Crippen molar-refractivity contribution < 1.29 is 36.8 Å². The number of carbonyl (C=O) groups is 1. The second-order valence-corrected chi connectivity index (χ2v) is 9.32. The number of hydrogen-bond acceptors (Lipinski definition) is 6. The first kappa shape index (κ1) is 27.0. The fourth-order valence-electron chi connectivity index (χ4n) is 4.27. The van der Waals surface area contributed by atoms with Crippen molar-refractivity contribution in [3.8, 4) is 5.75 Å². The maximum atomic E-state index is 13.4. The van der Waals surface area contributed by atoms with Crippen LogP contribution in [0.2, 0.25) is 0 Å². The smallest absolute Gasteiger partial charge is 0.233 e. The molecule has 3 aromatic carbocycles. The lowest BCUT2D eigenvalue weighted by atomic mass is 9.78. The Balaban J connectivity index is 0.00000361. The number of aromatic hydroxyl groups is 1. The van der Waals surface area contributed by atoms with Crippen molar-refractivity contribution in [3.63, 3.8) is 0 Å². The molecule has 0 saturated carbocycles. The van der Waals surface area contributed by atoms with E-state index >= 15 is 0 Å². The molecule has 0 radical (unpaired) electrons. The summed E-state index contributed by atoms with van der Waals surface area (Å²) >= 11 is 0. The molecule has 12 heteroatoms. The van der Waals surface area contributed by atoms with Gasteiger partial charge in [-0.3, -0.25) is 9.52 Å². The third kappa shape index (κ3) is 5.79. The van der Waals surface area contributed by atoms with Crippen LogP contribution in [0, 0.1) is 17.6 Å². The summed E-state index contributed by atoms with van der Waals surface area (Å²) < 4.78 is 61.2. The van der Waals surface area contributed by atoms with Gasteiger partial charge in [0.05, 0.1) is 23.8 Å². The summed E-state index contributed by atoms with van der Waals surface area (Å²) in [6.07, 6.45) is -0.565. The number of nitrogens with zero attached hydrogens (tertiary/aromatic N) is 1. The van der Waals surface area contributed by atoms with E-state index in [1.165, 1.54) is 65.6 Å². The normalized spacial score (nSPS) is 18.2. The molecule has 3 atom stereocenters. The molecule has 0 spiro atoms. The lowest BCUT2D eigenvalue weighted by molar-refractivity contribution is -0.131. The second-order valence-electron chi connectivity index (χ2n) is 8.21. The topological polar surface area (TPSA) is 166 Å². The molecule has 0 aromatic heterocycles. The Bertz CT molecular complexity index is 1340. The number of aliphatic hydroxyl groups is 1. The van der Waals surface area contributed by atoms with Gasteiger partial charge in [0.2, 0.25) is 5.91 Å². The van der Waals surface area contributed by atoms with Gasteiger partial charge in [0, 0.05) is 17.3 Å². The van der Waals surface area contributed by atoms with Gasteiger partial charge in [-0.15, -0.1) is 0 Å². The van der Waals surface area contributed by atoms with E-state index in [1.807, 2.05) is 0 Å². The van der Waals surface area contributed by atoms with Gasteiger partial charge in [-0.05, 0) is 60.9 Å². The maximum absolute atomic E-state index is 13.4. The number of halogens is 2. The van der Waals surface area contributed by atoms with Crippen molar-refractivity contribution in [3.05, 3.63) is 89.5 Å². The SMILES string of the molecule is O=C1[C@H](CC[C@H](O)c2ccc(F)cc2)[C@@H](c2ccc(NS(=O)(=O)[O-])cc2O)N1c1ccc(F)cc1.[NH4+]. The standard InChI is InChI=1S/C24H22F2N2O6S.H3N/c25-15-3-1-14(2-4-15)21(29)12-11-20-23(28(24(20)31)18-8-5-16(26)6-9-18)19-10-7-17(13-22(19)30)27-35(32,33)34;/h1-10,13,20-21,23,27,29-30H,11-12H2,(H,32,33,34);1H3/t20-,21+,23-;/m1./s1. The van der Waals surface area contributed by atoms with Gasteiger partial charge in [0.15, 0.2) is 10.3 Å². The minimum Gasteiger partial charge on any atom is -0.731 e. The molecule has 1 heterocycles. The summed E-state index contributed by atoms with van der Waals surface area (Å²) in [5.74, 6) is -2.26. The third-order valence-corrected chi connectivity index (χ3v) is 6.40. The summed E-state index contributed by atoms with van der Waals surface area (Å²) in [6, 6.07) is 13.6. The molecule has 1 amide bonds. The molecule has 1 fully saturated rings. The Morgan fingerprint density at radius 1 is 1.00 bits per heavy atom. The minimum atomic E-state index is -4.81. The Kier molecular flexibility index (Phi) is 7.94. The van der Waals surface area contributed by atoms with Crippen LogP contribution in [0.4, 0.5) is 20.2 Å². The van der Waals surface area contributed by atoms with Crippen LogP contribution in [-0.4, -0.2) is 29.1 Å². The number of rotatable bonds is 8. The highest BCUT2D eigenvalue weighted by molar-refractivity contribution is 7.87. The molecule has 192 valence electrons. The van der Waals surface area contributed by atoms with Crippen molar-refractivity contribution in [2.45, 2.75) is 25.0 Å². The number of amides is 1. The number of quaternary nitrogens is 1. The number of benzene rings is 3. The summed E-state index contributed by atoms with van der Waals surface area (Å²) in [6.45, 7) is 0. The predicted molar refractivity (Wildman–Crippen MR) is 128 cm³/mol. The summed E-state index contributed by atoms with van der Waals surface area (Å²) in [7, 11) is -4.81. The molecule has 7 N–H and O–H groups in total. The van der Waals surface area contributed by atoms with Crippen LogP contribution in [-0.2, 0) is 15.1 Å². The Hall–Kier alpha value is -3.58. The fourth-order valence-corrected chi connectivity index (χ4v) is 4.68. The molecule has 3 aromatic rings. The molecule has 0 unspecified atom stereocenters. The van der Waals surface area contributed by atoms with Crippen LogP contribution < -0.4 is 15.8 Å². The van der Waals surface area contributed by atoms with E-state index in [2.05, 4.69) is 0 Å². The summed E-state index contributed by atoms with van der Waals surface area (Å²) in [5.41, 5.74) is 1.01. The first-order valence-electron chi connectivity index (χ1n) is 10.6. The monoisotopic (exact) mass is 521 g/mol. The predicted octanol–water partition coefficient (Wildman–Crippen LogP) is 4.14. The number of hydrogen-bond donors (Lipinski definition) is 4. The molecule has 1 saturated heterocycles. The first-order valence-corrected chi connectivity index (χ1v) is 12.0. The number of anilines is 2. The van der Waals surface area contributed by atoms with Crippen molar-refractivity contribution >= 4 is 27.6 Å². The van der Waals surface area contributed by atoms with E-state index in [1.54, 1.807) is 4.72 Å². The highest BCUT2D eigenvalue weighted by atomic mass is 32.2. The van der Waals surface area contributed by atoms with Crippen molar-refractivity contribution in [2.75, 3.05) is 9.62 Å². The van der Waals surface area contributed by atoms with Gasteiger partial charge in [-0.2, -0.15) is 0 Å². The molecule has 36 heavy (non-hydrogen) atoms. The van der Waals surface area contributed by atoms with Crippen molar-refractivity contribution in [1.29, 1.82) is 0 Å². The molecule has 1 aliphatic rings. The second kappa shape index (κ2) is 10.6. The van der Waals surface area contributed by atoms with Crippen LogP contribution >= 0.6 is 0 Å². The number of phenols is 1. The third-order valence-electron chi connectivity index (χ3n) is 5.92. The molecule has 0 bridgehead atoms. The quantitative estimate of drug-likeness (QED) is 0.257. The Labute approximate surface area is 206 Å². The van der Waals surface area contributed by atoms with Gasteiger partial charge in [0.25, 0.3) is 0 Å². The fraction of sp³-hybridized carbons (Fsp3) is 0.208. The summed E-state index contributed by atoms with van der Waals surface area (Å²) in [5, 5.41) is 21.1. The zero-order valence-electron chi connectivity index (χ0n) is 19.1. The average molecular weight is 522 g/mol. The van der Waals surface area contributed by atoms with E-state index in [-0.39, 0.29) is 41.9 Å². The van der Waals surface area contributed by atoms with Crippen molar-refractivity contribution in [2.24, 2.45) is 5.92 Å². The van der Waals surface area contributed by atoms with Gasteiger partial charge in [-0.25, -0.2) is 17.2 Å². The van der Waals surface area contributed by atoms with Gasteiger partial charge < -0.3 is 25.8 Å². The largest absolute Gasteiger partial charge is 0.731 e. The lowest BCUT2D eigenvalue weighted by Gasteiger charge is -2.48. The molecule has 0 aliphatic carbocycles. The minimum absolute atomic E-state index is 0. The number of β-lactam (4-membered cyclic amide) rings is 1. The molecule has 9 nitrogen and oxygen atoms in total. The van der Waals surface area contributed by atoms with E-state index in [4.69, 9.17) is 0 Å². The Morgan fingerprint density at radius 3 is 2.14 bits per heavy atom. The van der Waals surface area contributed by atoms with Crippen LogP contribution in [0.25, 0.3) is 0 Å². The van der Waals surface area contributed by atoms with E-state index in [0.29, 0.717) is 11.3 Å². The summed E-state index contributed by atoms with van der Waals surface area (Å²) in [4.78, 5) is 14.5. The van der Waals surface area contributed by atoms with E-state index in [9.17, 15) is 36.8 Å². The highest BCUT2D eigenvalue weighted by Crippen LogP contribution is 2.48. The molecule has 1 aliphatic heterocycles. The highest BCUT2D eigenvalue weighted by Gasteiger charge is 2.49.